The Labute approximate surface area is 97.3 Å². The third-order valence-electron chi connectivity index (χ3n) is 2.50. The largest absolute Gasteiger partial charge is 0.508 e. The molecule has 1 heterocycles. The first kappa shape index (κ1) is 9.72. The number of rotatable bonds is 1. The highest BCUT2D eigenvalue weighted by molar-refractivity contribution is 5.78. The summed E-state index contributed by atoms with van der Waals surface area (Å²) in [7, 11) is 0. The summed E-state index contributed by atoms with van der Waals surface area (Å²) < 4.78 is 5.59. The molecule has 4 nitrogen and oxygen atoms in total. The molecule has 0 radical (unpaired) electrons. The molecule has 3 aromatic rings. The maximum absolute atomic E-state index is 9.35. The molecule has 1 aromatic heterocycles. The van der Waals surface area contributed by atoms with E-state index < -0.39 is 0 Å². The summed E-state index contributed by atoms with van der Waals surface area (Å²) in [6, 6.07) is 12.1. The Kier molecular flexibility index (Phi) is 2.01. The second-order valence-corrected chi connectivity index (χ2v) is 3.80. The molecular weight excluding hydrogens is 216 g/mol. The molecule has 0 bridgehead atoms. The number of hydrogen-bond donors (Lipinski definition) is 2. The average molecular weight is 226 g/mol. The number of oxazole rings is 1. The van der Waals surface area contributed by atoms with Gasteiger partial charge in [-0.1, -0.05) is 6.07 Å². The predicted molar refractivity (Wildman–Crippen MR) is 65.5 cm³/mol. The quantitative estimate of drug-likeness (QED) is 0.626. The van der Waals surface area contributed by atoms with Crippen molar-refractivity contribution >= 4 is 16.8 Å². The van der Waals surface area contributed by atoms with Crippen LogP contribution in [0.2, 0.25) is 0 Å². The lowest BCUT2D eigenvalue weighted by Gasteiger charge is -1.95. The Balaban J connectivity index is 2.18. The van der Waals surface area contributed by atoms with E-state index in [4.69, 9.17) is 10.2 Å². The van der Waals surface area contributed by atoms with Crippen molar-refractivity contribution < 1.29 is 9.52 Å². The van der Waals surface area contributed by atoms with Crippen molar-refractivity contribution in [1.82, 2.24) is 4.98 Å². The van der Waals surface area contributed by atoms with Gasteiger partial charge in [0.05, 0.1) is 0 Å². The van der Waals surface area contributed by atoms with Crippen LogP contribution < -0.4 is 5.73 Å². The second kappa shape index (κ2) is 3.52. The first-order chi connectivity index (χ1) is 8.22. The molecule has 0 aliphatic heterocycles. The summed E-state index contributed by atoms with van der Waals surface area (Å²) in [6.45, 7) is 0. The zero-order valence-corrected chi connectivity index (χ0v) is 8.92. The monoisotopic (exact) mass is 226 g/mol. The summed E-state index contributed by atoms with van der Waals surface area (Å²) in [5, 5.41) is 9.35. The van der Waals surface area contributed by atoms with Gasteiger partial charge in [0.1, 0.15) is 11.3 Å². The Morgan fingerprint density at radius 2 is 2.00 bits per heavy atom. The fraction of sp³-hybridized carbons (Fsp3) is 0. The first-order valence-corrected chi connectivity index (χ1v) is 5.18. The van der Waals surface area contributed by atoms with E-state index in [1.54, 1.807) is 30.3 Å². The molecule has 0 saturated heterocycles. The number of phenolic OH excluding ortho intramolecular Hbond substituents is 1. The summed E-state index contributed by atoms with van der Waals surface area (Å²) in [5.74, 6) is 0.669. The van der Waals surface area contributed by atoms with E-state index in [1.807, 2.05) is 12.1 Å². The first-order valence-electron chi connectivity index (χ1n) is 5.18. The normalized spacial score (nSPS) is 10.8. The van der Waals surface area contributed by atoms with Crippen LogP contribution in [0, 0.1) is 0 Å². The fourth-order valence-electron chi connectivity index (χ4n) is 1.71. The molecule has 0 saturated carbocycles. The summed E-state index contributed by atoms with van der Waals surface area (Å²) in [4.78, 5) is 4.30. The van der Waals surface area contributed by atoms with Crippen molar-refractivity contribution in [1.29, 1.82) is 0 Å². The molecule has 3 rings (SSSR count). The molecule has 4 heteroatoms. The van der Waals surface area contributed by atoms with E-state index in [9.17, 15) is 5.11 Å². The van der Waals surface area contributed by atoms with E-state index >= 15 is 0 Å². The molecule has 17 heavy (non-hydrogen) atoms. The summed E-state index contributed by atoms with van der Waals surface area (Å²) in [5.41, 5.74) is 8.45. The molecule has 0 fully saturated rings. The Morgan fingerprint density at radius 1 is 1.12 bits per heavy atom. The van der Waals surface area contributed by atoms with Crippen LogP contribution in [-0.2, 0) is 0 Å². The maximum Gasteiger partial charge on any atom is 0.227 e. The molecule has 0 amide bonds. The molecule has 0 atom stereocenters. The van der Waals surface area contributed by atoms with Crippen molar-refractivity contribution in [3.8, 4) is 17.2 Å². The Bertz CT molecular complexity index is 689. The maximum atomic E-state index is 9.35. The number of hydrogen-bond acceptors (Lipinski definition) is 4. The van der Waals surface area contributed by atoms with Crippen LogP contribution in [-0.4, -0.2) is 10.1 Å². The third kappa shape index (κ3) is 1.69. The fourth-order valence-corrected chi connectivity index (χ4v) is 1.71. The number of aromatic nitrogens is 1. The van der Waals surface area contributed by atoms with Gasteiger partial charge in [-0.15, -0.1) is 0 Å². The number of benzene rings is 2. The van der Waals surface area contributed by atoms with E-state index in [-0.39, 0.29) is 5.75 Å². The minimum absolute atomic E-state index is 0.171. The van der Waals surface area contributed by atoms with Crippen molar-refractivity contribution in [2.45, 2.75) is 0 Å². The molecule has 0 aliphatic carbocycles. The van der Waals surface area contributed by atoms with E-state index in [1.165, 1.54) is 0 Å². The number of fused-ring (bicyclic) bond motifs is 1. The van der Waals surface area contributed by atoms with Crippen molar-refractivity contribution in [3.05, 3.63) is 42.5 Å². The lowest BCUT2D eigenvalue weighted by molar-refractivity contribution is 0.476. The van der Waals surface area contributed by atoms with Crippen molar-refractivity contribution in [2.75, 3.05) is 5.73 Å². The van der Waals surface area contributed by atoms with Crippen LogP contribution in [0.4, 0.5) is 5.69 Å². The smallest absolute Gasteiger partial charge is 0.227 e. The van der Waals surface area contributed by atoms with E-state index in [0.717, 1.165) is 5.56 Å². The van der Waals surface area contributed by atoms with Crippen LogP contribution in [0.5, 0.6) is 5.75 Å². The number of phenols is 1. The summed E-state index contributed by atoms with van der Waals surface area (Å²) >= 11 is 0. The SMILES string of the molecule is Nc1cccc(-c2nc3cc(O)ccc3o2)c1. The molecule has 84 valence electrons. The highest BCUT2D eigenvalue weighted by atomic mass is 16.3. The molecule has 0 spiro atoms. The molecule has 0 unspecified atom stereocenters. The lowest BCUT2D eigenvalue weighted by Crippen LogP contribution is -1.84. The van der Waals surface area contributed by atoms with Gasteiger partial charge in [0.15, 0.2) is 5.58 Å². The van der Waals surface area contributed by atoms with Gasteiger partial charge in [0.25, 0.3) is 0 Å². The van der Waals surface area contributed by atoms with E-state index in [0.29, 0.717) is 22.7 Å². The van der Waals surface area contributed by atoms with Gasteiger partial charge >= 0.3 is 0 Å². The number of aromatic hydroxyl groups is 1. The number of nitrogens with zero attached hydrogens (tertiary/aromatic N) is 1. The number of nitrogen functional groups attached to an aromatic ring is 1. The number of anilines is 1. The minimum Gasteiger partial charge on any atom is -0.508 e. The van der Waals surface area contributed by atoms with Crippen molar-refractivity contribution in [3.63, 3.8) is 0 Å². The zero-order valence-electron chi connectivity index (χ0n) is 8.92. The number of nitrogens with two attached hydrogens (primary N) is 1. The van der Waals surface area contributed by atoms with Crippen LogP contribution in [0.1, 0.15) is 0 Å². The van der Waals surface area contributed by atoms with Gasteiger partial charge in [0.2, 0.25) is 5.89 Å². The van der Waals surface area contributed by atoms with Gasteiger partial charge in [-0.2, -0.15) is 0 Å². The molecule has 0 aliphatic rings. The van der Waals surface area contributed by atoms with Gasteiger partial charge < -0.3 is 15.3 Å². The van der Waals surface area contributed by atoms with Crippen LogP contribution in [0.3, 0.4) is 0 Å². The highest BCUT2D eigenvalue weighted by Crippen LogP contribution is 2.27. The van der Waals surface area contributed by atoms with Gasteiger partial charge in [-0.3, -0.25) is 0 Å². The Morgan fingerprint density at radius 3 is 2.82 bits per heavy atom. The van der Waals surface area contributed by atoms with Gasteiger partial charge in [-0.05, 0) is 30.3 Å². The Hall–Kier alpha value is -2.49. The average Bonchev–Trinajstić information content (AvgIpc) is 2.72. The molecule has 3 N–H and O–H groups in total. The van der Waals surface area contributed by atoms with Crippen LogP contribution in [0.15, 0.2) is 46.9 Å². The van der Waals surface area contributed by atoms with Crippen LogP contribution >= 0.6 is 0 Å². The van der Waals surface area contributed by atoms with Crippen molar-refractivity contribution in [2.24, 2.45) is 0 Å². The second-order valence-electron chi connectivity index (χ2n) is 3.80. The molecular formula is C13H10N2O2. The lowest BCUT2D eigenvalue weighted by atomic mass is 10.2. The third-order valence-corrected chi connectivity index (χ3v) is 2.50. The highest BCUT2D eigenvalue weighted by Gasteiger charge is 2.08. The summed E-state index contributed by atoms with van der Waals surface area (Å²) in [6.07, 6.45) is 0. The molecule has 2 aromatic carbocycles. The standard InChI is InChI=1S/C13H10N2O2/c14-9-3-1-2-8(6-9)13-15-11-7-10(16)4-5-12(11)17-13/h1-7,16H,14H2. The topological polar surface area (TPSA) is 72.3 Å². The zero-order chi connectivity index (χ0) is 11.8. The van der Waals surface area contributed by atoms with E-state index in [2.05, 4.69) is 4.98 Å². The predicted octanol–water partition coefficient (Wildman–Crippen LogP) is 2.78. The minimum atomic E-state index is 0.171. The van der Waals surface area contributed by atoms with Crippen LogP contribution in [0.25, 0.3) is 22.6 Å². The van der Waals surface area contributed by atoms with Gasteiger partial charge in [0, 0.05) is 17.3 Å². The van der Waals surface area contributed by atoms with Gasteiger partial charge in [-0.25, -0.2) is 4.98 Å².